The summed E-state index contributed by atoms with van der Waals surface area (Å²) in [5.41, 5.74) is 0. The number of methoxy groups -OCH3 is 1. The summed E-state index contributed by atoms with van der Waals surface area (Å²) in [5.74, 6) is 1.01. The van der Waals surface area contributed by atoms with Gasteiger partial charge in [-0.1, -0.05) is 11.6 Å². The van der Waals surface area contributed by atoms with E-state index in [1.807, 2.05) is 10.8 Å². The molecule has 1 aromatic heterocycles. The highest BCUT2D eigenvalue weighted by atomic mass is 35.5. The van der Waals surface area contributed by atoms with Gasteiger partial charge in [-0.15, -0.1) is 0 Å². The number of benzene rings is 1. The molecule has 8 heteroatoms. The van der Waals surface area contributed by atoms with Crippen molar-refractivity contribution >= 4 is 21.6 Å². The molecule has 1 aliphatic rings. The first-order valence-corrected chi connectivity index (χ1v) is 8.18. The molecule has 3 rings (SSSR count). The van der Waals surface area contributed by atoms with Crippen molar-refractivity contribution in [2.24, 2.45) is 0 Å². The van der Waals surface area contributed by atoms with Crippen LogP contribution in [0.15, 0.2) is 35.5 Å². The smallest absolute Gasteiger partial charge is 0.247 e. The van der Waals surface area contributed by atoms with Gasteiger partial charge in [-0.3, -0.25) is 0 Å². The molecule has 21 heavy (non-hydrogen) atoms. The molecule has 0 atom stereocenters. The SMILES string of the molecule is COc1ccc(Cl)cc1S(=O)(=O)N1CCn2ccnc2C1. The van der Waals surface area contributed by atoms with Crippen LogP contribution in [0.25, 0.3) is 0 Å². The lowest BCUT2D eigenvalue weighted by Crippen LogP contribution is -2.38. The van der Waals surface area contributed by atoms with Crippen LogP contribution in [-0.2, 0) is 23.1 Å². The Hall–Kier alpha value is -1.57. The van der Waals surface area contributed by atoms with Gasteiger partial charge in [0.1, 0.15) is 16.5 Å². The fourth-order valence-electron chi connectivity index (χ4n) is 2.35. The molecule has 0 fully saturated rings. The fourth-order valence-corrected chi connectivity index (χ4v) is 4.15. The van der Waals surface area contributed by atoms with E-state index in [0.29, 0.717) is 18.1 Å². The molecule has 0 aliphatic carbocycles. The van der Waals surface area contributed by atoms with E-state index in [0.717, 1.165) is 5.82 Å². The molecule has 0 saturated heterocycles. The zero-order chi connectivity index (χ0) is 15.0. The standard InChI is InChI=1S/C13H14ClN3O3S/c1-20-11-3-2-10(14)8-12(11)21(18,19)17-7-6-16-5-4-15-13(16)9-17/h2-5,8H,6-7,9H2,1H3. The van der Waals surface area contributed by atoms with Crippen LogP contribution in [0, 0.1) is 0 Å². The summed E-state index contributed by atoms with van der Waals surface area (Å²) < 4.78 is 34.1. The summed E-state index contributed by atoms with van der Waals surface area (Å²) in [6.07, 6.45) is 3.52. The minimum absolute atomic E-state index is 0.0810. The minimum Gasteiger partial charge on any atom is -0.495 e. The highest BCUT2D eigenvalue weighted by Crippen LogP contribution is 2.31. The number of imidazole rings is 1. The number of nitrogens with zero attached hydrogens (tertiary/aromatic N) is 3. The molecule has 0 saturated carbocycles. The van der Waals surface area contributed by atoms with Gasteiger partial charge in [0.05, 0.1) is 13.7 Å². The van der Waals surface area contributed by atoms with Crippen molar-refractivity contribution in [3.05, 3.63) is 41.4 Å². The van der Waals surface area contributed by atoms with Crippen LogP contribution in [0.5, 0.6) is 5.75 Å². The van der Waals surface area contributed by atoms with Crippen LogP contribution in [0.1, 0.15) is 5.82 Å². The zero-order valence-corrected chi connectivity index (χ0v) is 12.9. The van der Waals surface area contributed by atoms with Crippen molar-refractivity contribution in [1.29, 1.82) is 0 Å². The van der Waals surface area contributed by atoms with E-state index in [2.05, 4.69) is 4.98 Å². The third-order valence-corrected chi connectivity index (χ3v) is 5.55. The fraction of sp³-hybridized carbons (Fsp3) is 0.308. The predicted octanol–water partition coefficient (Wildman–Crippen LogP) is 1.75. The summed E-state index contributed by atoms with van der Waals surface area (Å²) in [6.45, 7) is 1.21. The van der Waals surface area contributed by atoms with E-state index < -0.39 is 10.0 Å². The third kappa shape index (κ3) is 2.52. The summed E-state index contributed by atoms with van der Waals surface area (Å²) in [6, 6.07) is 4.57. The average Bonchev–Trinajstić information content (AvgIpc) is 2.94. The van der Waals surface area contributed by atoms with Crippen LogP contribution in [0.3, 0.4) is 0 Å². The summed E-state index contributed by atoms with van der Waals surface area (Å²) in [4.78, 5) is 4.25. The molecule has 6 nitrogen and oxygen atoms in total. The van der Waals surface area contributed by atoms with E-state index >= 15 is 0 Å². The number of rotatable bonds is 3. The molecule has 1 aliphatic heterocycles. The topological polar surface area (TPSA) is 64.4 Å². The average molecular weight is 328 g/mol. The van der Waals surface area contributed by atoms with Crippen LogP contribution in [-0.4, -0.2) is 35.9 Å². The Morgan fingerprint density at radius 3 is 2.90 bits per heavy atom. The Kier molecular flexibility index (Phi) is 3.64. The van der Waals surface area contributed by atoms with Crippen molar-refractivity contribution in [3.8, 4) is 5.75 Å². The van der Waals surface area contributed by atoms with Gasteiger partial charge in [0.15, 0.2) is 0 Å². The number of fused-ring (bicyclic) bond motifs is 1. The van der Waals surface area contributed by atoms with E-state index in [4.69, 9.17) is 16.3 Å². The van der Waals surface area contributed by atoms with Gasteiger partial charge in [0.25, 0.3) is 0 Å². The van der Waals surface area contributed by atoms with Crippen molar-refractivity contribution < 1.29 is 13.2 Å². The molecule has 0 N–H and O–H groups in total. The molecule has 0 spiro atoms. The van der Waals surface area contributed by atoms with Gasteiger partial charge >= 0.3 is 0 Å². The lowest BCUT2D eigenvalue weighted by molar-refractivity contribution is 0.332. The molecule has 112 valence electrons. The number of hydrogen-bond acceptors (Lipinski definition) is 4. The third-order valence-electron chi connectivity index (χ3n) is 3.45. The van der Waals surface area contributed by atoms with Crippen LogP contribution < -0.4 is 4.74 Å². The Morgan fingerprint density at radius 1 is 1.33 bits per heavy atom. The van der Waals surface area contributed by atoms with Crippen LogP contribution in [0.2, 0.25) is 5.02 Å². The zero-order valence-electron chi connectivity index (χ0n) is 11.4. The van der Waals surface area contributed by atoms with E-state index in [9.17, 15) is 8.42 Å². The first kappa shape index (κ1) is 14.4. The molecule has 2 heterocycles. The highest BCUT2D eigenvalue weighted by Gasteiger charge is 2.31. The minimum atomic E-state index is -3.68. The number of sulfonamides is 1. The molecule has 0 amide bonds. The normalized spacial score (nSPS) is 15.7. The Morgan fingerprint density at radius 2 is 2.14 bits per heavy atom. The van der Waals surface area contributed by atoms with Crippen molar-refractivity contribution in [3.63, 3.8) is 0 Å². The van der Waals surface area contributed by atoms with Gasteiger partial charge in [-0.2, -0.15) is 4.31 Å². The quantitative estimate of drug-likeness (QED) is 0.861. The first-order valence-electron chi connectivity index (χ1n) is 6.36. The van der Waals surface area contributed by atoms with Gasteiger partial charge in [-0.05, 0) is 18.2 Å². The number of ether oxygens (including phenoxy) is 1. The van der Waals surface area contributed by atoms with Crippen molar-refractivity contribution in [1.82, 2.24) is 13.9 Å². The van der Waals surface area contributed by atoms with Crippen LogP contribution >= 0.6 is 11.6 Å². The molecule has 1 aromatic carbocycles. The molecule has 0 radical (unpaired) electrons. The van der Waals surface area contributed by atoms with Gasteiger partial charge < -0.3 is 9.30 Å². The molecule has 0 bridgehead atoms. The Balaban J connectivity index is 2.00. The lowest BCUT2D eigenvalue weighted by atomic mass is 10.3. The molecule has 0 unspecified atom stereocenters. The maximum atomic E-state index is 12.8. The summed E-state index contributed by atoms with van der Waals surface area (Å²) in [7, 11) is -2.24. The van der Waals surface area contributed by atoms with Gasteiger partial charge in [0.2, 0.25) is 10.0 Å². The second-order valence-corrected chi connectivity index (χ2v) is 7.01. The predicted molar refractivity (Wildman–Crippen MR) is 77.8 cm³/mol. The Bertz CT molecular complexity index is 773. The second kappa shape index (κ2) is 5.32. The summed E-state index contributed by atoms with van der Waals surface area (Å²) >= 11 is 5.93. The maximum Gasteiger partial charge on any atom is 0.247 e. The van der Waals surface area contributed by atoms with Crippen molar-refractivity contribution in [2.75, 3.05) is 13.7 Å². The summed E-state index contributed by atoms with van der Waals surface area (Å²) in [5, 5.41) is 0.355. The van der Waals surface area contributed by atoms with Crippen molar-refractivity contribution in [2.45, 2.75) is 18.0 Å². The van der Waals surface area contributed by atoms with E-state index in [-0.39, 0.29) is 17.2 Å². The highest BCUT2D eigenvalue weighted by molar-refractivity contribution is 7.89. The van der Waals surface area contributed by atoms with E-state index in [1.165, 1.54) is 17.5 Å². The lowest BCUT2D eigenvalue weighted by Gasteiger charge is -2.27. The maximum absolute atomic E-state index is 12.8. The largest absolute Gasteiger partial charge is 0.495 e. The number of hydrogen-bond donors (Lipinski definition) is 0. The van der Waals surface area contributed by atoms with Gasteiger partial charge in [0, 0.05) is 30.5 Å². The van der Waals surface area contributed by atoms with Gasteiger partial charge in [-0.25, -0.2) is 13.4 Å². The number of aromatic nitrogens is 2. The Labute approximate surface area is 128 Å². The molecule has 2 aromatic rings. The molecular weight excluding hydrogens is 314 g/mol. The number of halogens is 1. The molecular formula is C13H14ClN3O3S. The first-order chi connectivity index (χ1) is 10.0. The monoisotopic (exact) mass is 327 g/mol. The van der Waals surface area contributed by atoms with E-state index in [1.54, 1.807) is 18.3 Å². The van der Waals surface area contributed by atoms with Crippen LogP contribution in [0.4, 0.5) is 0 Å². The second-order valence-electron chi connectivity index (χ2n) is 4.67.